The SMILES string of the molecule is O=C(CSc1ccccc1Cl)N1CCN(c2ccccc2F)CC1. The Labute approximate surface area is 150 Å². The first-order valence-electron chi connectivity index (χ1n) is 7.80. The number of halogens is 2. The van der Waals surface area contributed by atoms with Crippen LogP contribution in [-0.2, 0) is 4.79 Å². The molecule has 0 atom stereocenters. The molecule has 2 aromatic rings. The van der Waals surface area contributed by atoms with Gasteiger partial charge in [-0.3, -0.25) is 4.79 Å². The van der Waals surface area contributed by atoms with E-state index in [4.69, 9.17) is 11.6 Å². The van der Waals surface area contributed by atoms with Crippen LogP contribution in [0.1, 0.15) is 0 Å². The minimum absolute atomic E-state index is 0.0908. The smallest absolute Gasteiger partial charge is 0.233 e. The summed E-state index contributed by atoms with van der Waals surface area (Å²) in [5, 5.41) is 0.666. The van der Waals surface area contributed by atoms with Crippen LogP contribution < -0.4 is 4.90 Å². The number of benzene rings is 2. The van der Waals surface area contributed by atoms with Gasteiger partial charge in [0.1, 0.15) is 5.82 Å². The van der Waals surface area contributed by atoms with Crippen LogP contribution >= 0.6 is 23.4 Å². The number of piperazine rings is 1. The van der Waals surface area contributed by atoms with Gasteiger partial charge < -0.3 is 9.80 Å². The maximum atomic E-state index is 13.8. The molecule has 2 aromatic carbocycles. The van der Waals surface area contributed by atoms with Gasteiger partial charge in [-0.1, -0.05) is 35.9 Å². The molecule has 1 saturated heterocycles. The van der Waals surface area contributed by atoms with Crippen molar-refractivity contribution < 1.29 is 9.18 Å². The highest BCUT2D eigenvalue weighted by molar-refractivity contribution is 8.00. The molecule has 1 aliphatic heterocycles. The summed E-state index contributed by atoms with van der Waals surface area (Å²) in [6.45, 7) is 2.50. The monoisotopic (exact) mass is 364 g/mol. The van der Waals surface area contributed by atoms with Crippen LogP contribution in [0.4, 0.5) is 10.1 Å². The van der Waals surface area contributed by atoms with E-state index in [0.29, 0.717) is 42.6 Å². The second-order valence-electron chi connectivity index (χ2n) is 5.54. The third-order valence-electron chi connectivity index (χ3n) is 4.01. The van der Waals surface area contributed by atoms with Gasteiger partial charge in [0.15, 0.2) is 0 Å². The number of thioether (sulfide) groups is 1. The number of para-hydroxylation sites is 1. The number of amides is 1. The molecule has 0 aliphatic carbocycles. The van der Waals surface area contributed by atoms with Crippen molar-refractivity contribution in [3.63, 3.8) is 0 Å². The predicted octanol–water partition coefficient (Wildman–Crippen LogP) is 3.92. The van der Waals surface area contributed by atoms with Crippen molar-refractivity contribution in [2.75, 3.05) is 36.8 Å². The molecule has 1 aliphatic rings. The van der Waals surface area contributed by atoms with Gasteiger partial charge in [0.2, 0.25) is 5.91 Å². The van der Waals surface area contributed by atoms with E-state index in [-0.39, 0.29) is 11.7 Å². The lowest BCUT2D eigenvalue weighted by Crippen LogP contribution is -2.49. The van der Waals surface area contributed by atoms with Crippen LogP contribution in [0.3, 0.4) is 0 Å². The Morgan fingerprint density at radius 1 is 1.04 bits per heavy atom. The van der Waals surface area contributed by atoms with Gasteiger partial charge in [-0.05, 0) is 24.3 Å². The molecule has 0 radical (unpaired) electrons. The van der Waals surface area contributed by atoms with Crippen LogP contribution in [0.5, 0.6) is 0 Å². The Hall–Kier alpha value is -1.72. The zero-order chi connectivity index (χ0) is 16.9. The van der Waals surface area contributed by atoms with Gasteiger partial charge in [-0.15, -0.1) is 11.8 Å². The van der Waals surface area contributed by atoms with Gasteiger partial charge >= 0.3 is 0 Å². The highest BCUT2D eigenvalue weighted by Crippen LogP contribution is 2.27. The van der Waals surface area contributed by atoms with Crippen molar-refractivity contribution in [3.8, 4) is 0 Å². The summed E-state index contributed by atoms with van der Waals surface area (Å²) in [6.07, 6.45) is 0. The van der Waals surface area contributed by atoms with Gasteiger partial charge in [0, 0.05) is 31.1 Å². The third-order valence-corrected chi connectivity index (χ3v) is 5.51. The summed E-state index contributed by atoms with van der Waals surface area (Å²) in [7, 11) is 0. The maximum absolute atomic E-state index is 13.8. The first kappa shape index (κ1) is 17.1. The largest absolute Gasteiger partial charge is 0.366 e. The zero-order valence-corrected chi connectivity index (χ0v) is 14.7. The van der Waals surface area contributed by atoms with Crippen molar-refractivity contribution in [3.05, 3.63) is 59.4 Å². The van der Waals surface area contributed by atoms with Gasteiger partial charge in [-0.2, -0.15) is 0 Å². The molecule has 1 heterocycles. The molecule has 0 saturated carbocycles. The second-order valence-corrected chi connectivity index (χ2v) is 6.96. The molecular weight excluding hydrogens is 347 g/mol. The lowest BCUT2D eigenvalue weighted by Gasteiger charge is -2.36. The van der Waals surface area contributed by atoms with E-state index in [2.05, 4.69) is 0 Å². The first-order chi connectivity index (χ1) is 11.6. The van der Waals surface area contributed by atoms with Crippen LogP contribution in [0.15, 0.2) is 53.4 Å². The van der Waals surface area contributed by atoms with E-state index in [9.17, 15) is 9.18 Å². The molecule has 3 rings (SSSR count). The van der Waals surface area contributed by atoms with Gasteiger partial charge in [0.05, 0.1) is 16.5 Å². The molecule has 0 N–H and O–H groups in total. The average Bonchev–Trinajstić information content (AvgIpc) is 2.61. The highest BCUT2D eigenvalue weighted by atomic mass is 35.5. The van der Waals surface area contributed by atoms with Crippen molar-refractivity contribution in [1.29, 1.82) is 0 Å². The summed E-state index contributed by atoms with van der Waals surface area (Å²) in [6, 6.07) is 14.3. The summed E-state index contributed by atoms with van der Waals surface area (Å²) in [4.78, 5) is 17.1. The average molecular weight is 365 g/mol. The molecular formula is C18H18ClFN2OS. The molecule has 0 bridgehead atoms. The highest BCUT2D eigenvalue weighted by Gasteiger charge is 2.22. The first-order valence-corrected chi connectivity index (χ1v) is 9.16. The predicted molar refractivity (Wildman–Crippen MR) is 97.4 cm³/mol. The van der Waals surface area contributed by atoms with E-state index in [1.54, 1.807) is 12.1 Å². The molecule has 0 spiro atoms. The quantitative estimate of drug-likeness (QED) is 0.768. The molecule has 0 unspecified atom stereocenters. The summed E-state index contributed by atoms with van der Waals surface area (Å²) in [5.41, 5.74) is 0.607. The van der Waals surface area contributed by atoms with Crippen molar-refractivity contribution >= 4 is 35.0 Å². The van der Waals surface area contributed by atoms with Crippen molar-refractivity contribution in [2.45, 2.75) is 4.90 Å². The Balaban J connectivity index is 1.52. The van der Waals surface area contributed by atoms with Crippen LogP contribution in [0, 0.1) is 5.82 Å². The molecule has 126 valence electrons. The fraction of sp³-hybridized carbons (Fsp3) is 0.278. The van der Waals surface area contributed by atoms with E-state index >= 15 is 0 Å². The lowest BCUT2D eigenvalue weighted by molar-refractivity contribution is -0.128. The van der Waals surface area contributed by atoms with Crippen LogP contribution in [0.25, 0.3) is 0 Å². The molecule has 3 nitrogen and oxygen atoms in total. The standard InChI is InChI=1S/C18H18ClFN2OS/c19-14-5-1-4-8-17(14)24-13-18(23)22-11-9-21(10-12-22)16-7-3-2-6-15(16)20/h1-8H,9-13H2. The zero-order valence-electron chi connectivity index (χ0n) is 13.1. The minimum Gasteiger partial charge on any atom is -0.366 e. The molecule has 6 heteroatoms. The van der Waals surface area contributed by atoms with E-state index in [1.165, 1.54) is 17.8 Å². The number of nitrogens with zero attached hydrogens (tertiary/aromatic N) is 2. The molecule has 24 heavy (non-hydrogen) atoms. The van der Waals surface area contributed by atoms with Crippen molar-refractivity contribution in [2.24, 2.45) is 0 Å². The summed E-state index contributed by atoms with van der Waals surface area (Å²) < 4.78 is 13.8. The maximum Gasteiger partial charge on any atom is 0.233 e. The van der Waals surface area contributed by atoms with Gasteiger partial charge in [-0.25, -0.2) is 4.39 Å². The number of anilines is 1. The number of rotatable bonds is 4. The normalized spacial score (nSPS) is 14.8. The summed E-state index contributed by atoms with van der Waals surface area (Å²) in [5.74, 6) is 0.239. The topological polar surface area (TPSA) is 23.6 Å². The van der Waals surface area contributed by atoms with Crippen molar-refractivity contribution in [1.82, 2.24) is 4.90 Å². The van der Waals surface area contributed by atoms with Gasteiger partial charge in [0.25, 0.3) is 0 Å². The molecule has 1 amide bonds. The Morgan fingerprint density at radius 3 is 2.42 bits per heavy atom. The Bertz CT molecular complexity index is 720. The lowest BCUT2D eigenvalue weighted by atomic mass is 10.2. The van der Waals surface area contributed by atoms with E-state index < -0.39 is 0 Å². The van der Waals surface area contributed by atoms with E-state index in [1.807, 2.05) is 40.1 Å². The molecule has 0 aromatic heterocycles. The second kappa shape index (κ2) is 7.90. The number of carbonyl (C=O) groups is 1. The summed E-state index contributed by atoms with van der Waals surface area (Å²) >= 11 is 7.56. The minimum atomic E-state index is -0.216. The fourth-order valence-corrected chi connectivity index (χ4v) is 3.84. The fourth-order valence-electron chi connectivity index (χ4n) is 2.70. The number of carbonyl (C=O) groups excluding carboxylic acids is 1. The third kappa shape index (κ3) is 4.02. The molecule has 1 fully saturated rings. The Kier molecular flexibility index (Phi) is 5.63. The number of hydrogen-bond donors (Lipinski definition) is 0. The number of hydrogen-bond acceptors (Lipinski definition) is 3. The van der Waals surface area contributed by atoms with Crippen LogP contribution in [-0.4, -0.2) is 42.7 Å². The van der Waals surface area contributed by atoms with E-state index in [0.717, 1.165) is 4.90 Å². The van der Waals surface area contributed by atoms with Crippen LogP contribution in [0.2, 0.25) is 5.02 Å². The Morgan fingerprint density at radius 2 is 1.71 bits per heavy atom.